The van der Waals surface area contributed by atoms with E-state index >= 15 is 0 Å². The van der Waals surface area contributed by atoms with Gasteiger partial charge in [-0.1, -0.05) is 25.5 Å². The molecular formula is C16H24N2O2. The lowest BCUT2D eigenvalue weighted by Gasteiger charge is -2.25. The summed E-state index contributed by atoms with van der Waals surface area (Å²) in [4.78, 5) is 11.5. The molecule has 4 nitrogen and oxygen atoms in total. The van der Waals surface area contributed by atoms with E-state index in [0.29, 0.717) is 0 Å². The third-order valence-corrected chi connectivity index (χ3v) is 3.98. The summed E-state index contributed by atoms with van der Waals surface area (Å²) in [6.07, 6.45) is 5.38. The molecule has 20 heavy (non-hydrogen) atoms. The van der Waals surface area contributed by atoms with Crippen molar-refractivity contribution in [2.24, 2.45) is 17.4 Å². The number of ether oxygens (including phenoxy) is 1. The van der Waals surface area contributed by atoms with Gasteiger partial charge in [0.1, 0.15) is 17.9 Å². The first-order valence-corrected chi connectivity index (χ1v) is 7.37. The van der Waals surface area contributed by atoms with E-state index in [9.17, 15) is 4.79 Å². The molecule has 1 fully saturated rings. The highest BCUT2D eigenvalue weighted by atomic mass is 16.5. The van der Waals surface area contributed by atoms with Gasteiger partial charge in [-0.25, -0.2) is 0 Å². The molecule has 4 heteroatoms. The molecule has 4 N–H and O–H groups in total. The van der Waals surface area contributed by atoms with Crippen LogP contribution in [-0.2, 0) is 11.2 Å². The number of nitrogens with two attached hydrogens (primary N) is 2. The summed E-state index contributed by atoms with van der Waals surface area (Å²) in [5.74, 6) is 0.436. The predicted molar refractivity (Wildman–Crippen MR) is 79.4 cm³/mol. The maximum absolute atomic E-state index is 11.5. The molecule has 1 unspecified atom stereocenters. The van der Waals surface area contributed by atoms with Gasteiger partial charge >= 0.3 is 0 Å². The molecule has 0 aromatic heterocycles. The number of benzene rings is 1. The zero-order valence-electron chi connectivity index (χ0n) is 12.1. The second kappa shape index (κ2) is 6.27. The summed E-state index contributed by atoms with van der Waals surface area (Å²) in [6, 6.07) is 7.98. The van der Waals surface area contributed by atoms with Gasteiger partial charge in [0.15, 0.2) is 0 Å². The Labute approximate surface area is 120 Å². The standard InChI is InChI=1S/C16H24N2O2/c1-2-3-4-12-5-9-14(10-6-12)20-11-16(18,15(17)19)13-7-8-13/h5-6,9-10,13H,2-4,7-8,11,18H2,1H3,(H2,17,19). The third-order valence-electron chi connectivity index (χ3n) is 3.98. The molecule has 1 aliphatic carbocycles. The van der Waals surface area contributed by atoms with E-state index in [4.69, 9.17) is 16.2 Å². The van der Waals surface area contributed by atoms with Crippen molar-refractivity contribution < 1.29 is 9.53 Å². The van der Waals surface area contributed by atoms with Crippen molar-refractivity contribution >= 4 is 5.91 Å². The lowest BCUT2D eigenvalue weighted by molar-refractivity contribution is -0.125. The highest BCUT2D eigenvalue weighted by Gasteiger charge is 2.47. The van der Waals surface area contributed by atoms with E-state index in [2.05, 4.69) is 19.1 Å². The number of unbranched alkanes of at least 4 members (excludes halogenated alkanes) is 1. The number of aryl methyl sites for hydroxylation is 1. The Morgan fingerprint density at radius 2 is 2.00 bits per heavy atom. The van der Waals surface area contributed by atoms with Crippen LogP contribution in [0.5, 0.6) is 5.75 Å². The summed E-state index contributed by atoms with van der Waals surface area (Å²) in [7, 11) is 0. The molecule has 0 spiro atoms. The zero-order valence-corrected chi connectivity index (χ0v) is 12.1. The number of carbonyl (C=O) groups is 1. The minimum atomic E-state index is -1.03. The van der Waals surface area contributed by atoms with Gasteiger partial charge in [-0.15, -0.1) is 0 Å². The van der Waals surface area contributed by atoms with Gasteiger partial charge in [-0.2, -0.15) is 0 Å². The molecule has 0 bridgehead atoms. The number of carbonyl (C=O) groups excluding carboxylic acids is 1. The first kappa shape index (κ1) is 14.9. The summed E-state index contributed by atoms with van der Waals surface area (Å²) in [5.41, 5.74) is 11.8. The smallest absolute Gasteiger partial charge is 0.241 e. The van der Waals surface area contributed by atoms with Gasteiger partial charge in [0.25, 0.3) is 0 Å². The number of amides is 1. The zero-order chi connectivity index (χ0) is 14.6. The molecule has 1 saturated carbocycles. The van der Waals surface area contributed by atoms with Crippen LogP contribution in [0.25, 0.3) is 0 Å². The Morgan fingerprint density at radius 1 is 1.35 bits per heavy atom. The molecule has 1 aromatic carbocycles. The van der Waals surface area contributed by atoms with Crippen LogP contribution in [0, 0.1) is 5.92 Å². The molecule has 2 rings (SSSR count). The van der Waals surface area contributed by atoms with Crippen LogP contribution in [-0.4, -0.2) is 18.1 Å². The molecule has 1 amide bonds. The SMILES string of the molecule is CCCCc1ccc(OCC(N)(C(N)=O)C2CC2)cc1. The van der Waals surface area contributed by atoms with E-state index in [1.54, 1.807) is 0 Å². The average molecular weight is 276 g/mol. The summed E-state index contributed by atoms with van der Waals surface area (Å²) < 4.78 is 5.67. The van der Waals surface area contributed by atoms with Crippen molar-refractivity contribution in [3.05, 3.63) is 29.8 Å². The van der Waals surface area contributed by atoms with Crippen molar-refractivity contribution in [2.75, 3.05) is 6.61 Å². The van der Waals surface area contributed by atoms with Crippen LogP contribution in [0.15, 0.2) is 24.3 Å². The van der Waals surface area contributed by atoms with Crippen LogP contribution in [0.2, 0.25) is 0 Å². The number of hydrogen-bond donors (Lipinski definition) is 2. The molecule has 110 valence electrons. The van der Waals surface area contributed by atoms with Crippen molar-refractivity contribution in [3.8, 4) is 5.75 Å². The lowest BCUT2D eigenvalue weighted by Crippen LogP contribution is -2.58. The first-order chi connectivity index (χ1) is 9.56. The Morgan fingerprint density at radius 3 is 2.50 bits per heavy atom. The molecule has 1 atom stereocenters. The molecule has 0 aliphatic heterocycles. The Bertz CT molecular complexity index is 454. The summed E-state index contributed by atoms with van der Waals surface area (Å²) >= 11 is 0. The van der Waals surface area contributed by atoms with Gasteiger partial charge in [-0.3, -0.25) is 4.79 Å². The van der Waals surface area contributed by atoms with E-state index in [1.165, 1.54) is 18.4 Å². The summed E-state index contributed by atoms with van der Waals surface area (Å²) in [5, 5.41) is 0. The van der Waals surface area contributed by atoms with Crippen LogP contribution in [0.1, 0.15) is 38.2 Å². The normalized spacial score (nSPS) is 17.5. The highest BCUT2D eigenvalue weighted by Crippen LogP contribution is 2.38. The van der Waals surface area contributed by atoms with E-state index < -0.39 is 11.4 Å². The molecule has 1 aliphatic rings. The van der Waals surface area contributed by atoms with Crippen molar-refractivity contribution in [2.45, 2.75) is 44.6 Å². The van der Waals surface area contributed by atoms with E-state index in [0.717, 1.165) is 25.0 Å². The largest absolute Gasteiger partial charge is 0.491 e. The quantitative estimate of drug-likeness (QED) is 0.762. The van der Waals surface area contributed by atoms with Gasteiger partial charge in [0.05, 0.1) is 0 Å². The van der Waals surface area contributed by atoms with Crippen LogP contribution in [0.4, 0.5) is 0 Å². The molecule has 0 radical (unpaired) electrons. The molecule has 0 saturated heterocycles. The second-order valence-corrected chi connectivity index (χ2v) is 5.72. The Hall–Kier alpha value is -1.55. The van der Waals surface area contributed by atoms with Crippen molar-refractivity contribution in [3.63, 3.8) is 0 Å². The Kier molecular flexibility index (Phi) is 4.65. The topological polar surface area (TPSA) is 78.3 Å². The van der Waals surface area contributed by atoms with Gasteiger partial charge in [0, 0.05) is 0 Å². The van der Waals surface area contributed by atoms with Crippen LogP contribution >= 0.6 is 0 Å². The van der Waals surface area contributed by atoms with Crippen molar-refractivity contribution in [1.29, 1.82) is 0 Å². The lowest BCUT2D eigenvalue weighted by atomic mass is 9.95. The maximum atomic E-state index is 11.5. The van der Waals surface area contributed by atoms with Crippen molar-refractivity contribution in [1.82, 2.24) is 0 Å². The van der Waals surface area contributed by atoms with Crippen LogP contribution < -0.4 is 16.2 Å². The van der Waals surface area contributed by atoms with Gasteiger partial charge in [0.2, 0.25) is 5.91 Å². The maximum Gasteiger partial charge on any atom is 0.241 e. The molecular weight excluding hydrogens is 252 g/mol. The second-order valence-electron chi connectivity index (χ2n) is 5.72. The fourth-order valence-corrected chi connectivity index (χ4v) is 2.32. The Balaban J connectivity index is 1.91. The predicted octanol–water partition coefficient (Wildman–Crippen LogP) is 2.00. The molecule has 0 heterocycles. The van der Waals surface area contributed by atoms with E-state index in [1.807, 2.05) is 12.1 Å². The number of hydrogen-bond acceptors (Lipinski definition) is 3. The van der Waals surface area contributed by atoms with Crippen LogP contribution in [0.3, 0.4) is 0 Å². The monoisotopic (exact) mass is 276 g/mol. The summed E-state index contributed by atoms with van der Waals surface area (Å²) in [6.45, 7) is 2.33. The average Bonchev–Trinajstić information content (AvgIpc) is 3.28. The van der Waals surface area contributed by atoms with Gasteiger partial charge in [-0.05, 0) is 49.3 Å². The number of primary amides is 1. The highest BCUT2D eigenvalue weighted by molar-refractivity contribution is 5.85. The third kappa shape index (κ3) is 3.51. The van der Waals surface area contributed by atoms with E-state index in [-0.39, 0.29) is 12.5 Å². The number of rotatable bonds is 8. The minimum Gasteiger partial charge on any atom is -0.491 e. The molecule has 1 aromatic rings. The fraction of sp³-hybridized carbons (Fsp3) is 0.562. The fourth-order valence-electron chi connectivity index (χ4n) is 2.32. The first-order valence-electron chi connectivity index (χ1n) is 7.37. The minimum absolute atomic E-state index is 0.154. The van der Waals surface area contributed by atoms with Gasteiger partial charge < -0.3 is 16.2 Å².